The molecule has 0 spiro atoms. The molecule has 0 aliphatic heterocycles. The molecule has 0 aliphatic rings. The first-order valence-electron chi connectivity index (χ1n) is 5.77. The minimum atomic E-state index is -0.711. The van der Waals surface area contributed by atoms with Gasteiger partial charge in [-0.05, 0) is 30.7 Å². The maximum Gasteiger partial charge on any atom is 0.348 e. The molecule has 0 N–H and O–H groups in total. The van der Waals surface area contributed by atoms with Gasteiger partial charge in [0.1, 0.15) is 11.6 Å². The SMILES string of the molecule is CCOc1cc(/C=C(\C#N)C(=O)OC)cc(Cl)c1OC. The van der Waals surface area contributed by atoms with Gasteiger partial charge >= 0.3 is 5.97 Å². The van der Waals surface area contributed by atoms with Crippen molar-refractivity contribution in [1.29, 1.82) is 5.26 Å². The molecule has 0 heterocycles. The zero-order valence-corrected chi connectivity index (χ0v) is 12.2. The third-order valence-electron chi connectivity index (χ3n) is 2.37. The van der Waals surface area contributed by atoms with Gasteiger partial charge in [-0.2, -0.15) is 5.26 Å². The Balaban J connectivity index is 3.30. The van der Waals surface area contributed by atoms with Crippen LogP contribution >= 0.6 is 11.6 Å². The third kappa shape index (κ3) is 3.65. The molecule has 0 unspecified atom stereocenters. The summed E-state index contributed by atoms with van der Waals surface area (Å²) in [5.74, 6) is 0.135. The van der Waals surface area contributed by atoms with Crippen molar-refractivity contribution < 1.29 is 19.0 Å². The number of nitrogens with zero attached hydrogens (tertiary/aromatic N) is 1. The summed E-state index contributed by atoms with van der Waals surface area (Å²) in [5.41, 5.74) is 0.414. The highest BCUT2D eigenvalue weighted by Crippen LogP contribution is 2.36. The van der Waals surface area contributed by atoms with E-state index in [2.05, 4.69) is 4.74 Å². The Kier molecular flexibility index (Phi) is 5.88. The van der Waals surface area contributed by atoms with Crippen LogP contribution in [-0.2, 0) is 9.53 Å². The van der Waals surface area contributed by atoms with Gasteiger partial charge in [-0.3, -0.25) is 0 Å². The molecular formula is C14H14ClNO4. The molecular weight excluding hydrogens is 282 g/mol. The molecule has 0 fully saturated rings. The summed E-state index contributed by atoms with van der Waals surface area (Å²) in [6, 6.07) is 4.98. The van der Waals surface area contributed by atoms with E-state index in [9.17, 15) is 4.79 Å². The van der Waals surface area contributed by atoms with Gasteiger partial charge in [0, 0.05) is 0 Å². The van der Waals surface area contributed by atoms with Gasteiger partial charge in [0.25, 0.3) is 0 Å². The molecule has 20 heavy (non-hydrogen) atoms. The fourth-order valence-electron chi connectivity index (χ4n) is 1.55. The van der Waals surface area contributed by atoms with E-state index in [4.69, 9.17) is 26.3 Å². The smallest absolute Gasteiger partial charge is 0.348 e. The van der Waals surface area contributed by atoms with Crippen LogP contribution in [-0.4, -0.2) is 26.8 Å². The lowest BCUT2D eigenvalue weighted by atomic mass is 10.1. The van der Waals surface area contributed by atoms with Crippen LogP contribution in [0.25, 0.3) is 6.08 Å². The summed E-state index contributed by atoms with van der Waals surface area (Å²) >= 11 is 6.08. The number of carbonyl (C=O) groups excluding carboxylic acids is 1. The molecule has 5 nitrogen and oxygen atoms in total. The average Bonchev–Trinajstić information content (AvgIpc) is 2.44. The van der Waals surface area contributed by atoms with E-state index >= 15 is 0 Å². The number of esters is 1. The number of hydrogen-bond acceptors (Lipinski definition) is 5. The number of carbonyl (C=O) groups is 1. The van der Waals surface area contributed by atoms with Crippen molar-refractivity contribution in [1.82, 2.24) is 0 Å². The lowest BCUT2D eigenvalue weighted by Gasteiger charge is -2.11. The van der Waals surface area contributed by atoms with E-state index in [1.165, 1.54) is 20.3 Å². The van der Waals surface area contributed by atoms with Gasteiger partial charge in [-0.1, -0.05) is 11.6 Å². The summed E-state index contributed by atoms with van der Waals surface area (Å²) < 4.78 is 15.1. The van der Waals surface area contributed by atoms with Crippen molar-refractivity contribution in [3.8, 4) is 17.6 Å². The number of nitriles is 1. The molecule has 106 valence electrons. The van der Waals surface area contributed by atoms with Gasteiger partial charge in [0.15, 0.2) is 11.5 Å². The zero-order valence-electron chi connectivity index (χ0n) is 11.4. The molecule has 0 saturated heterocycles. The van der Waals surface area contributed by atoms with Crippen molar-refractivity contribution in [2.24, 2.45) is 0 Å². The Morgan fingerprint density at radius 3 is 2.65 bits per heavy atom. The Morgan fingerprint density at radius 1 is 1.45 bits per heavy atom. The van der Waals surface area contributed by atoms with Gasteiger partial charge in [-0.25, -0.2) is 4.79 Å². The number of benzene rings is 1. The van der Waals surface area contributed by atoms with Gasteiger partial charge < -0.3 is 14.2 Å². The molecule has 0 atom stereocenters. The first-order valence-corrected chi connectivity index (χ1v) is 6.15. The number of methoxy groups -OCH3 is 2. The minimum absolute atomic E-state index is 0.129. The van der Waals surface area contributed by atoms with Crippen molar-refractivity contribution in [2.45, 2.75) is 6.92 Å². The normalized spacial score (nSPS) is 10.7. The predicted octanol–water partition coefficient (Wildman–Crippen LogP) is 2.83. The molecule has 1 aromatic rings. The van der Waals surface area contributed by atoms with E-state index in [0.717, 1.165) is 0 Å². The number of rotatable bonds is 5. The fourth-order valence-corrected chi connectivity index (χ4v) is 1.84. The average molecular weight is 296 g/mol. The Morgan fingerprint density at radius 2 is 2.15 bits per heavy atom. The largest absolute Gasteiger partial charge is 0.491 e. The molecule has 0 radical (unpaired) electrons. The maximum atomic E-state index is 11.4. The standard InChI is InChI=1S/C14H14ClNO4/c1-4-20-12-7-9(6-11(15)13(12)18-2)5-10(8-16)14(17)19-3/h5-7H,4H2,1-3H3/b10-5+. The summed E-state index contributed by atoms with van der Waals surface area (Å²) in [7, 11) is 2.69. The van der Waals surface area contributed by atoms with E-state index in [1.54, 1.807) is 18.2 Å². The van der Waals surface area contributed by atoms with E-state index in [1.807, 2.05) is 6.92 Å². The Bertz CT molecular complexity index is 575. The zero-order chi connectivity index (χ0) is 15.1. The molecule has 0 amide bonds. The van der Waals surface area contributed by atoms with Crippen LogP contribution in [0, 0.1) is 11.3 Å². The summed E-state index contributed by atoms with van der Waals surface area (Å²) in [6.07, 6.45) is 1.37. The highest BCUT2D eigenvalue weighted by atomic mass is 35.5. The molecule has 0 bridgehead atoms. The highest BCUT2D eigenvalue weighted by molar-refractivity contribution is 6.32. The van der Waals surface area contributed by atoms with Crippen LogP contribution in [0.15, 0.2) is 17.7 Å². The monoisotopic (exact) mass is 295 g/mol. The van der Waals surface area contributed by atoms with Crippen LogP contribution in [0.5, 0.6) is 11.5 Å². The van der Waals surface area contributed by atoms with Crippen molar-refractivity contribution in [3.63, 3.8) is 0 Å². The quantitative estimate of drug-likeness (QED) is 0.474. The summed E-state index contributed by atoms with van der Waals surface area (Å²) in [4.78, 5) is 11.4. The van der Waals surface area contributed by atoms with Crippen LogP contribution in [0.3, 0.4) is 0 Å². The second-order valence-electron chi connectivity index (χ2n) is 3.63. The number of ether oxygens (including phenoxy) is 3. The first-order chi connectivity index (χ1) is 9.57. The fraction of sp³-hybridized carbons (Fsp3) is 0.286. The van der Waals surface area contributed by atoms with Crippen LogP contribution in [0.4, 0.5) is 0 Å². The van der Waals surface area contributed by atoms with Gasteiger partial charge in [0.05, 0.1) is 25.8 Å². The van der Waals surface area contributed by atoms with Crippen molar-refractivity contribution >= 4 is 23.6 Å². The Hall–Kier alpha value is -2.19. The van der Waals surface area contributed by atoms with Crippen molar-refractivity contribution in [3.05, 3.63) is 28.3 Å². The molecule has 1 aromatic carbocycles. The second kappa shape index (κ2) is 7.41. The number of halogens is 1. The van der Waals surface area contributed by atoms with Crippen LogP contribution in [0.2, 0.25) is 5.02 Å². The number of hydrogen-bond donors (Lipinski definition) is 0. The predicted molar refractivity (Wildman–Crippen MR) is 74.8 cm³/mol. The topological polar surface area (TPSA) is 68.5 Å². The Labute approximate surface area is 122 Å². The van der Waals surface area contributed by atoms with Crippen molar-refractivity contribution in [2.75, 3.05) is 20.8 Å². The minimum Gasteiger partial charge on any atom is -0.491 e. The van der Waals surface area contributed by atoms with Gasteiger partial charge in [0.2, 0.25) is 0 Å². The molecule has 0 aromatic heterocycles. The van der Waals surface area contributed by atoms with E-state index < -0.39 is 5.97 Å². The van der Waals surface area contributed by atoms with E-state index in [0.29, 0.717) is 28.7 Å². The van der Waals surface area contributed by atoms with Crippen LogP contribution < -0.4 is 9.47 Å². The summed E-state index contributed by atoms with van der Waals surface area (Å²) in [6.45, 7) is 2.26. The molecule has 0 saturated carbocycles. The lowest BCUT2D eigenvalue weighted by Crippen LogP contribution is -2.02. The van der Waals surface area contributed by atoms with Gasteiger partial charge in [-0.15, -0.1) is 0 Å². The van der Waals surface area contributed by atoms with Crippen LogP contribution in [0.1, 0.15) is 12.5 Å². The highest BCUT2D eigenvalue weighted by Gasteiger charge is 2.13. The lowest BCUT2D eigenvalue weighted by molar-refractivity contribution is -0.135. The first kappa shape index (κ1) is 15.9. The third-order valence-corrected chi connectivity index (χ3v) is 2.65. The molecule has 0 aliphatic carbocycles. The molecule has 1 rings (SSSR count). The molecule has 6 heteroatoms. The summed E-state index contributed by atoms with van der Waals surface area (Å²) in [5, 5.41) is 9.25. The second-order valence-corrected chi connectivity index (χ2v) is 4.04. The maximum absolute atomic E-state index is 11.4. The van der Waals surface area contributed by atoms with E-state index in [-0.39, 0.29) is 5.57 Å².